The number of hydrogen-bond donors (Lipinski definition) is 1. The molecule has 2 unspecified atom stereocenters. The van der Waals surface area contributed by atoms with Gasteiger partial charge >= 0.3 is 17.9 Å². The summed E-state index contributed by atoms with van der Waals surface area (Å²) in [5, 5.41) is 10.8. The first kappa shape index (κ1) is 19.4. The summed E-state index contributed by atoms with van der Waals surface area (Å²) in [7, 11) is 0. The molecule has 2 aliphatic heterocycles. The second-order valence-electron chi connectivity index (χ2n) is 8.36. The Morgan fingerprint density at radius 2 is 1.32 bits per heavy atom. The van der Waals surface area contributed by atoms with E-state index in [1.165, 1.54) is 6.92 Å². The van der Waals surface area contributed by atoms with Crippen molar-refractivity contribution in [1.82, 2.24) is 0 Å². The molecule has 154 valence electrons. The summed E-state index contributed by atoms with van der Waals surface area (Å²) in [5.41, 5.74) is -0.415. The van der Waals surface area contributed by atoms with Crippen LogP contribution in [0.25, 0.3) is 0 Å². The van der Waals surface area contributed by atoms with Gasteiger partial charge in [-0.05, 0) is 38.7 Å². The van der Waals surface area contributed by atoms with Gasteiger partial charge in [0.05, 0.1) is 0 Å². The minimum absolute atomic E-state index is 0.415. The van der Waals surface area contributed by atoms with Crippen LogP contribution in [0.5, 0.6) is 0 Å². The van der Waals surface area contributed by atoms with Crippen LogP contribution in [-0.4, -0.2) is 40.4 Å². The van der Waals surface area contributed by atoms with Gasteiger partial charge in [0, 0.05) is 25.7 Å². The Hall–Kier alpha value is -1.93. The van der Waals surface area contributed by atoms with E-state index in [-0.39, 0.29) is 0 Å². The smallest absolute Gasteiger partial charge is 0.348 e. The molecular weight excluding hydrogens is 368 g/mol. The molecule has 0 aromatic heterocycles. The summed E-state index contributed by atoms with van der Waals surface area (Å²) in [6.45, 7) is 1.34. The molecule has 0 amide bonds. The van der Waals surface area contributed by atoms with Crippen molar-refractivity contribution in [2.45, 2.75) is 88.5 Å². The van der Waals surface area contributed by atoms with Crippen LogP contribution in [0.15, 0.2) is 11.6 Å². The van der Waals surface area contributed by atoms with Crippen LogP contribution in [0.1, 0.15) is 71.1 Å². The quantitative estimate of drug-likeness (QED) is 0.410. The molecule has 2 saturated carbocycles. The lowest BCUT2D eigenvalue weighted by Crippen LogP contribution is -2.58. The Balaban J connectivity index is 1.55. The van der Waals surface area contributed by atoms with E-state index in [9.17, 15) is 19.5 Å². The van der Waals surface area contributed by atoms with Crippen molar-refractivity contribution >= 4 is 17.9 Å². The lowest BCUT2D eigenvalue weighted by atomic mass is 9.89. The van der Waals surface area contributed by atoms with Crippen molar-refractivity contribution in [3.63, 3.8) is 0 Å². The van der Waals surface area contributed by atoms with Crippen molar-refractivity contribution in [2.75, 3.05) is 0 Å². The Bertz CT molecular complexity index is 688. The number of aliphatic hydroxyl groups is 1. The van der Waals surface area contributed by atoms with Crippen LogP contribution >= 0.6 is 0 Å². The number of ether oxygens (including phenoxy) is 4. The van der Waals surface area contributed by atoms with Crippen LogP contribution < -0.4 is 0 Å². The largest absolute Gasteiger partial charge is 0.432 e. The van der Waals surface area contributed by atoms with Crippen molar-refractivity contribution in [1.29, 1.82) is 0 Å². The van der Waals surface area contributed by atoms with Gasteiger partial charge in [-0.3, -0.25) is 4.79 Å². The summed E-state index contributed by atoms with van der Waals surface area (Å²) in [6.07, 6.45) is 8.27. The zero-order valence-corrected chi connectivity index (χ0v) is 16.0. The maximum Gasteiger partial charge on any atom is 0.348 e. The van der Waals surface area contributed by atoms with E-state index in [2.05, 4.69) is 0 Å². The first-order valence-corrected chi connectivity index (χ1v) is 10.1. The number of carbonyl (C=O) groups excluding carboxylic acids is 3. The number of carbonyl (C=O) groups is 3. The third kappa shape index (κ3) is 3.43. The molecule has 0 aromatic carbocycles. The Kier molecular flexibility index (Phi) is 4.74. The first-order chi connectivity index (χ1) is 13.2. The maximum atomic E-state index is 12.7. The van der Waals surface area contributed by atoms with Crippen LogP contribution in [0.4, 0.5) is 0 Å². The molecule has 4 rings (SSSR count). The van der Waals surface area contributed by atoms with Gasteiger partial charge in [-0.15, -0.1) is 0 Å². The van der Waals surface area contributed by atoms with E-state index < -0.39 is 46.8 Å². The number of esters is 3. The normalized spacial score (nSPS) is 34.6. The van der Waals surface area contributed by atoms with Crippen molar-refractivity contribution in [3.8, 4) is 0 Å². The van der Waals surface area contributed by atoms with Crippen LogP contribution in [0, 0.1) is 5.92 Å². The zero-order valence-electron chi connectivity index (χ0n) is 16.0. The van der Waals surface area contributed by atoms with Gasteiger partial charge in [0.1, 0.15) is 11.5 Å². The highest BCUT2D eigenvalue weighted by Crippen LogP contribution is 2.44. The van der Waals surface area contributed by atoms with Crippen LogP contribution in [0.2, 0.25) is 0 Å². The Morgan fingerprint density at radius 1 is 0.821 bits per heavy atom. The van der Waals surface area contributed by atoms with Gasteiger partial charge < -0.3 is 24.1 Å². The Labute approximate surface area is 163 Å². The minimum Gasteiger partial charge on any atom is -0.432 e. The molecule has 4 aliphatic rings. The van der Waals surface area contributed by atoms with E-state index in [1.54, 1.807) is 0 Å². The maximum absolute atomic E-state index is 12.7. The monoisotopic (exact) mass is 394 g/mol. The standard InChI is InChI=1S/C20H26O8/c1-18(24)14(17(23)27-20(28-18)10-6-3-7-11-20)12-13-15(21)25-19(26-16(13)22)8-4-2-5-9-19/h12,14,24H,2-11H2,1H3. The number of rotatable bonds is 1. The molecule has 8 nitrogen and oxygen atoms in total. The molecule has 0 aromatic rings. The highest BCUT2D eigenvalue weighted by Gasteiger charge is 2.55. The lowest BCUT2D eigenvalue weighted by molar-refractivity contribution is -0.374. The van der Waals surface area contributed by atoms with Crippen LogP contribution in [0.3, 0.4) is 0 Å². The molecule has 28 heavy (non-hydrogen) atoms. The molecule has 2 saturated heterocycles. The van der Waals surface area contributed by atoms with E-state index in [1.807, 2.05) is 0 Å². The van der Waals surface area contributed by atoms with Gasteiger partial charge in [0.2, 0.25) is 5.79 Å². The van der Waals surface area contributed by atoms with E-state index in [4.69, 9.17) is 18.9 Å². The van der Waals surface area contributed by atoms with Crippen molar-refractivity contribution < 1.29 is 38.4 Å². The van der Waals surface area contributed by atoms with E-state index in [0.717, 1.165) is 44.6 Å². The molecule has 1 N–H and O–H groups in total. The average molecular weight is 394 g/mol. The van der Waals surface area contributed by atoms with E-state index in [0.29, 0.717) is 25.7 Å². The summed E-state index contributed by atoms with van der Waals surface area (Å²) in [4.78, 5) is 37.7. The fourth-order valence-electron chi connectivity index (χ4n) is 4.59. The van der Waals surface area contributed by atoms with E-state index >= 15 is 0 Å². The lowest BCUT2D eigenvalue weighted by Gasteiger charge is -2.47. The van der Waals surface area contributed by atoms with Gasteiger partial charge in [0.25, 0.3) is 5.79 Å². The molecule has 4 fully saturated rings. The minimum atomic E-state index is -1.92. The second kappa shape index (κ2) is 6.84. The average Bonchev–Trinajstić information content (AvgIpc) is 2.60. The van der Waals surface area contributed by atoms with Gasteiger partial charge in [-0.2, -0.15) is 0 Å². The predicted octanol–water partition coefficient (Wildman–Crippen LogP) is 2.23. The Morgan fingerprint density at radius 3 is 1.82 bits per heavy atom. The fourth-order valence-corrected chi connectivity index (χ4v) is 4.59. The van der Waals surface area contributed by atoms with Gasteiger partial charge in [0.15, 0.2) is 5.79 Å². The molecule has 8 heteroatoms. The molecule has 0 bridgehead atoms. The summed E-state index contributed by atoms with van der Waals surface area (Å²) in [5.74, 6) is -8.03. The molecule has 0 radical (unpaired) electrons. The zero-order chi connectivity index (χ0) is 20.0. The second-order valence-corrected chi connectivity index (χ2v) is 8.36. The van der Waals surface area contributed by atoms with Gasteiger partial charge in [-0.1, -0.05) is 12.8 Å². The number of hydrogen-bond acceptors (Lipinski definition) is 8. The predicted molar refractivity (Wildman–Crippen MR) is 93.2 cm³/mol. The SMILES string of the molecule is CC1(O)OC2(CCCCC2)OC(=O)C1C=C1C(=O)OC2(CCCCC2)OC1=O. The highest BCUT2D eigenvalue weighted by molar-refractivity contribution is 6.15. The summed E-state index contributed by atoms with van der Waals surface area (Å²) in [6, 6.07) is 0. The highest BCUT2D eigenvalue weighted by atomic mass is 16.8. The fraction of sp³-hybridized carbons (Fsp3) is 0.750. The molecule has 2 atom stereocenters. The third-order valence-corrected chi connectivity index (χ3v) is 6.07. The summed E-state index contributed by atoms with van der Waals surface area (Å²) >= 11 is 0. The molecule has 2 heterocycles. The first-order valence-electron chi connectivity index (χ1n) is 10.1. The van der Waals surface area contributed by atoms with Crippen LogP contribution in [-0.2, 0) is 33.3 Å². The topological polar surface area (TPSA) is 108 Å². The molecular formula is C20H26O8. The van der Waals surface area contributed by atoms with Crippen molar-refractivity contribution in [2.24, 2.45) is 5.92 Å². The van der Waals surface area contributed by atoms with Crippen molar-refractivity contribution in [3.05, 3.63) is 11.6 Å². The summed E-state index contributed by atoms with van der Waals surface area (Å²) < 4.78 is 22.1. The third-order valence-electron chi connectivity index (χ3n) is 6.07. The molecule has 2 spiro atoms. The molecule has 2 aliphatic carbocycles. The van der Waals surface area contributed by atoms with Gasteiger partial charge in [-0.25, -0.2) is 9.59 Å².